The van der Waals surface area contributed by atoms with Crippen molar-refractivity contribution in [2.45, 2.75) is 6.10 Å². The van der Waals surface area contributed by atoms with Gasteiger partial charge in [0.2, 0.25) is 0 Å². The van der Waals surface area contributed by atoms with E-state index in [-0.39, 0.29) is 5.69 Å². The highest BCUT2D eigenvalue weighted by Gasteiger charge is 2.06. The molecule has 0 aliphatic rings. The van der Waals surface area contributed by atoms with Gasteiger partial charge in [0.1, 0.15) is 0 Å². The lowest BCUT2D eigenvalue weighted by Crippen LogP contribution is -1.93. The third kappa shape index (κ3) is 2.13. The highest BCUT2D eigenvalue weighted by molar-refractivity contribution is 5.34. The summed E-state index contributed by atoms with van der Waals surface area (Å²) in [6.07, 6.45) is 0.599. The van der Waals surface area contributed by atoms with Crippen molar-refractivity contribution in [2.24, 2.45) is 0 Å². The summed E-state index contributed by atoms with van der Waals surface area (Å²) in [4.78, 5) is 9.79. The third-order valence-electron chi connectivity index (χ3n) is 1.67. The average molecular weight is 179 g/mol. The lowest BCUT2D eigenvalue weighted by atomic mass is 10.1. The predicted octanol–water partition coefficient (Wildman–Crippen LogP) is 1.81. The van der Waals surface area contributed by atoms with Gasteiger partial charge in [0.15, 0.2) is 0 Å². The minimum absolute atomic E-state index is 0.0139. The molecule has 0 amide bonds. The zero-order valence-electron chi connectivity index (χ0n) is 6.88. The van der Waals surface area contributed by atoms with E-state index in [0.29, 0.717) is 5.56 Å². The number of hydrogen-bond donors (Lipinski definition) is 1. The van der Waals surface area contributed by atoms with E-state index < -0.39 is 11.0 Å². The Labute approximate surface area is 75.3 Å². The van der Waals surface area contributed by atoms with Crippen molar-refractivity contribution in [3.05, 3.63) is 52.6 Å². The van der Waals surface area contributed by atoms with E-state index in [9.17, 15) is 15.2 Å². The molecule has 1 atom stereocenters. The fraction of sp³-hybridized carbons (Fsp3) is 0.111. The van der Waals surface area contributed by atoms with E-state index in [4.69, 9.17) is 0 Å². The Balaban J connectivity index is 2.93. The minimum atomic E-state index is -0.763. The van der Waals surface area contributed by atoms with Crippen LogP contribution in [0.5, 0.6) is 0 Å². The maximum absolute atomic E-state index is 10.3. The quantitative estimate of drug-likeness (QED) is 0.437. The fourth-order valence-corrected chi connectivity index (χ4v) is 0.929. The SMILES string of the molecule is C=C[C@H](O)c1ccc([N+](=O)[O-])cc1. The smallest absolute Gasteiger partial charge is 0.269 e. The summed E-state index contributed by atoms with van der Waals surface area (Å²) < 4.78 is 0. The molecule has 0 bridgehead atoms. The molecular weight excluding hydrogens is 170 g/mol. The fourth-order valence-electron chi connectivity index (χ4n) is 0.929. The Morgan fingerprint density at radius 3 is 2.38 bits per heavy atom. The Hall–Kier alpha value is -1.68. The van der Waals surface area contributed by atoms with Crippen LogP contribution >= 0.6 is 0 Å². The third-order valence-corrected chi connectivity index (χ3v) is 1.67. The van der Waals surface area contributed by atoms with Gasteiger partial charge in [0.25, 0.3) is 5.69 Å². The van der Waals surface area contributed by atoms with Crippen molar-refractivity contribution in [1.29, 1.82) is 0 Å². The van der Waals surface area contributed by atoms with Crippen LogP contribution in [0.1, 0.15) is 11.7 Å². The van der Waals surface area contributed by atoms with E-state index in [1.807, 2.05) is 0 Å². The Kier molecular flexibility index (Phi) is 2.76. The molecule has 0 heterocycles. The number of nitro benzene ring substituents is 1. The molecule has 0 saturated heterocycles. The maximum atomic E-state index is 10.3. The van der Waals surface area contributed by atoms with Gasteiger partial charge in [-0.15, -0.1) is 6.58 Å². The highest BCUT2D eigenvalue weighted by Crippen LogP contribution is 2.17. The van der Waals surface area contributed by atoms with Crippen LogP contribution < -0.4 is 0 Å². The molecule has 0 aliphatic heterocycles. The second-order valence-electron chi connectivity index (χ2n) is 2.53. The number of nitro groups is 1. The number of benzene rings is 1. The van der Waals surface area contributed by atoms with E-state index in [0.717, 1.165) is 0 Å². The molecule has 0 aromatic heterocycles. The van der Waals surface area contributed by atoms with E-state index in [2.05, 4.69) is 6.58 Å². The van der Waals surface area contributed by atoms with Crippen molar-refractivity contribution in [2.75, 3.05) is 0 Å². The summed E-state index contributed by atoms with van der Waals surface area (Å²) in [5.74, 6) is 0. The van der Waals surface area contributed by atoms with E-state index >= 15 is 0 Å². The highest BCUT2D eigenvalue weighted by atomic mass is 16.6. The second-order valence-corrected chi connectivity index (χ2v) is 2.53. The monoisotopic (exact) mass is 179 g/mol. The van der Waals surface area contributed by atoms with Crippen LogP contribution in [0, 0.1) is 10.1 Å². The van der Waals surface area contributed by atoms with Crippen LogP contribution in [-0.2, 0) is 0 Å². The standard InChI is InChI=1S/C9H9NO3/c1-2-9(11)7-3-5-8(6-4-7)10(12)13/h2-6,9,11H,1H2/t9-/m0/s1. The first-order chi connectivity index (χ1) is 6.15. The van der Waals surface area contributed by atoms with Crippen LogP contribution in [0.2, 0.25) is 0 Å². The van der Waals surface area contributed by atoms with Gasteiger partial charge in [0.05, 0.1) is 11.0 Å². The van der Waals surface area contributed by atoms with Crippen LogP contribution in [0.25, 0.3) is 0 Å². The van der Waals surface area contributed by atoms with Crippen LogP contribution in [0.4, 0.5) is 5.69 Å². The van der Waals surface area contributed by atoms with Gasteiger partial charge in [-0.05, 0) is 17.7 Å². The van der Waals surface area contributed by atoms with Crippen molar-refractivity contribution in [3.63, 3.8) is 0 Å². The van der Waals surface area contributed by atoms with Crippen molar-refractivity contribution < 1.29 is 10.0 Å². The molecule has 4 heteroatoms. The first-order valence-electron chi connectivity index (χ1n) is 3.70. The number of hydrogen-bond acceptors (Lipinski definition) is 3. The van der Waals surface area contributed by atoms with Gasteiger partial charge in [-0.25, -0.2) is 0 Å². The summed E-state index contributed by atoms with van der Waals surface area (Å²) in [7, 11) is 0. The summed E-state index contributed by atoms with van der Waals surface area (Å²) in [6, 6.07) is 5.71. The molecule has 1 aromatic carbocycles. The molecule has 1 aromatic rings. The first-order valence-corrected chi connectivity index (χ1v) is 3.70. The van der Waals surface area contributed by atoms with Gasteiger partial charge < -0.3 is 5.11 Å². The van der Waals surface area contributed by atoms with Gasteiger partial charge in [-0.1, -0.05) is 6.08 Å². The Morgan fingerprint density at radius 2 is 2.00 bits per heavy atom. The second kappa shape index (κ2) is 3.82. The normalized spacial score (nSPS) is 12.1. The molecule has 0 aliphatic carbocycles. The van der Waals surface area contributed by atoms with Crippen molar-refractivity contribution in [3.8, 4) is 0 Å². The maximum Gasteiger partial charge on any atom is 0.269 e. The van der Waals surface area contributed by atoms with Crippen molar-refractivity contribution >= 4 is 5.69 Å². The molecule has 68 valence electrons. The molecule has 0 saturated carbocycles. The van der Waals surface area contributed by atoms with Gasteiger partial charge in [-0.2, -0.15) is 0 Å². The molecule has 0 fully saturated rings. The average Bonchev–Trinajstić information content (AvgIpc) is 2.17. The topological polar surface area (TPSA) is 63.4 Å². The largest absolute Gasteiger partial charge is 0.384 e. The van der Waals surface area contributed by atoms with Gasteiger partial charge in [-0.3, -0.25) is 10.1 Å². The van der Waals surface area contributed by atoms with Crippen LogP contribution in [-0.4, -0.2) is 10.0 Å². The van der Waals surface area contributed by atoms with Gasteiger partial charge >= 0.3 is 0 Å². The minimum Gasteiger partial charge on any atom is -0.384 e. The summed E-state index contributed by atoms with van der Waals surface area (Å²) in [6.45, 7) is 3.41. The molecular formula is C9H9NO3. The number of non-ortho nitro benzene ring substituents is 1. The van der Waals surface area contributed by atoms with Crippen LogP contribution in [0.15, 0.2) is 36.9 Å². The lowest BCUT2D eigenvalue weighted by molar-refractivity contribution is -0.384. The van der Waals surface area contributed by atoms with E-state index in [1.165, 1.54) is 30.3 Å². The zero-order chi connectivity index (χ0) is 9.84. The Morgan fingerprint density at radius 1 is 1.46 bits per heavy atom. The van der Waals surface area contributed by atoms with E-state index in [1.54, 1.807) is 0 Å². The number of aliphatic hydroxyl groups is 1. The van der Waals surface area contributed by atoms with Gasteiger partial charge in [0, 0.05) is 12.1 Å². The molecule has 4 nitrogen and oxygen atoms in total. The number of rotatable bonds is 3. The predicted molar refractivity (Wildman–Crippen MR) is 48.3 cm³/mol. The zero-order valence-corrected chi connectivity index (χ0v) is 6.88. The number of nitrogens with zero attached hydrogens (tertiary/aromatic N) is 1. The summed E-state index contributed by atoms with van der Waals surface area (Å²) >= 11 is 0. The van der Waals surface area contributed by atoms with Crippen molar-refractivity contribution in [1.82, 2.24) is 0 Å². The molecule has 0 unspecified atom stereocenters. The lowest BCUT2D eigenvalue weighted by Gasteiger charge is -2.03. The molecule has 0 spiro atoms. The number of aliphatic hydroxyl groups excluding tert-OH is 1. The molecule has 1 N–H and O–H groups in total. The molecule has 13 heavy (non-hydrogen) atoms. The summed E-state index contributed by atoms with van der Waals surface area (Å²) in [5, 5.41) is 19.5. The Bertz CT molecular complexity index is 318. The summed E-state index contributed by atoms with van der Waals surface area (Å²) in [5.41, 5.74) is 0.612. The molecule has 1 rings (SSSR count). The first kappa shape index (κ1) is 9.41. The van der Waals surface area contributed by atoms with Crippen LogP contribution in [0.3, 0.4) is 0 Å². The molecule has 0 radical (unpaired) electrons.